The van der Waals surface area contributed by atoms with Gasteiger partial charge in [-0.25, -0.2) is 0 Å². The average Bonchev–Trinajstić information content (AvgIpc) is 1.78. The fourth-order valence-corrected chi connectivity index (χ4v) is 2.85. The van der Waals surface area contributed by atoms with Gasteiger partial charge in [0, 0.05) is 17.9 Å². The Hall–Kier alpha value is -0.313. The molecular weight excluding hydrogens is 144 g/mol. The summed E-state index contributed by atoms with van der Waals surface area (Å²) in [4.78, 5) is 10.9. The standard InChI is InChI=1S/C7H12O2Si/c1-7(2)5-6(8)3-4-10(7)9/h3-5H2,1-2H3. The van der Waals surface area contributed by atoms with Crippen molar-refractivity contribution in [3.63, 3.8) is 0 Å². The number of carbonyl (C=O) groups is 1. The second kappa shape index (κ2) is 2.38. The van der Waals surface area contributed by atoms with Crippen molar-refractivity contribution in [3.05, 3.63) is 0 Å². The minimum atomic E-state index is -1.47. The molecule has 1 aliphatic heterocycles. The maximum Gasteiger partial charge on any atom is 0.283 e. The molecule has 0 aromatic rings. The number of hydrogen-bond acceptors (Lipinski definition) is 2. The van der Waals surface area contributed by atoms with E-state index in [4.69, 9.17) is 0 Å². The Morgan fingerprint density at radius 3 is 2.50 bits per heavy atom. The molecule has 0 aliphatic carbocycles. The molecule has 56 valence electrons. The molecule has 0 atom stereocenters. The first-order chi connectivity index (χ1) is 4.52. The predicted octanol–water partition coefficient (Wildman–Crippen LogP) is 1.55. The van der Waals surface area contributed by atoms with Crippen molar-refractivity contribution in [2.75, 3.05) is 0 Å². The summed E-state index contributed by atoms with van der Waals surface area (Å²) >= 11 is 0. The molecule has 0 unspecified atom stereocenters. The summed E-state index contributed by atoms with van der Waals surface area (Å²) < 4.78 is 11.3. The van der Waals surface area contributed by atoms with E-state index in [1.54, 1.807) is 0 Å². The van der Waals surface area contributed by atoms with Gasteiger partial charge in [-0.1, -0.05) is 13.8 Å². The zero-order valence-electron chi connectivity index (χ0n) is 6.44. The van der Waals surface area contributed by atoms with Crippen molar-refractivity contribution >= 4 is 14.5 Å². The second-order valence-corrected chi connectivity index (χ2v) is 6.22. The topological polar surface area (TPSA) is 34.1 Å². The second-order valence-electron chi connectivity index (χ2n) is 3.52. The monoisotopic (exact) mass is 156 g/mol. The van der Waals surface area contributed by atoms with Crippen LogP contribution in [0.1, 0.15) is 26.7 Å². The third kappa shape index (κ3) is 1.40. The summed E-state index contributed by atoms with van der Waals surface area (Å²) in [5, 5.41) is -0.194. The van der Waals surface area contributed by atoms with Crippen LogP contribution in [0.25, 0.3) is 0 Å². The fourth-order valence-electron chi connectivity index (χ4n) is 1.27. The Kier molecular flexibility index (Phi) is 1.85. The molecule has 0 spiro atoms. The van der Waals surface area contributed by atoms with Crippen molar-refractivity contribution < 1.29 is 9.26 Å². The van der Waals surface area contributed by atoms with E-state index in [1.807, 2.05) is 13.8 Å². The van der Waals surface area contributed by atoms with E-state index in [9.17, 15) is 9.26 Å². The Bertz CT molecular complexity index is 184. The Balaban J connectivity index is 2.73. The van der Waals surface area contributed by atoms with Gasteiger partial charge in [-0.3, -0.25) is 4.79 Å². The summed E-state index contributed by atoms with van der Waals surface area (Å²) in [6.45, 7) is 3.84. The largest absolute Gasteiger partial charge is 0.388 e. The number of Topliss-reactive ketones (excluding diaryl/α,β-unsaturated/α-hetero) is 1. The lowest BCUT2D eigenvalue weighted by Crippen LogP contribution is -2.28. The molecule has 0 N–H and O–H groups in total. The third-order valence-corrected chi connectivity index (χ3v) is 4.42. The lowest BCUT2D eigenvalue weighted by atomic mass is 10.0. The molecule has 0 saturated carbocycles. The van der Waals surface area contributed by atoms with Gasteiger partial charge in [-0.05, 0) is 6.04 Å². The Morgan fingerprint density at radius 1 is 1.50 bits per heavy atom. The number of ketones is 1. The summed E-state index contributed by atoms with van der Waals surface area (Å²) in [6, 6.07) is 0.635. The van der Waals surface area contributed by atoms with Crippen molar-refractivity contribution in [2.24, 2.45) is 0 Å². The fraction of sp³-hybridized carbons (Fsp3) is 0.857. The minimum absolute atomic E-state index is 0.194. The first-order valence-electron chi connectivity index (χ1n) is 3.57. The molecule has 1 fully saturated rings. The lowest BCUT2D eigenvalue weighted by Gasteiger charge is -2.24. The van der Waals surface area contributed by atoms with Crippen LogP contribution in [0.5, 0.6) is 0 Å². The first kappa shape index (κ1) is 7.79. The van der Waals surface area contributed by atoms with E-state index >= 15 is 0 Å². The molecule has 3 heteroatoms. The summed E-state index contributed by atoms with van der Waals surface area (Å²) in [5.41, 5.74) is 0. The van der Waals surface area contributed by atoms with Crippen LogP contribution < -0.4 is 0 Å². The van der Waals surface area contributed by atoms with E-state index in [0.717, 1.165) is 0 Å². The number of carbonyl (C=O) groups excluding carboxylic acids is 1. The van der Waals surface area contributed by atoms with E-state index in [-0.39, 0.29) is 10.8 Å². The van der Waals surface area contributed by atoms with E-state index in [0.29, 0.717) is 18.9 Å². The van der Waals surface area contributed by atoms with Crippen LogP contribution in [-0.2, 0) is 9.26 Å². The first-order valence-corrected chi connectivity index (χ1v) is 5.19. The highest BCUT2D eigenvalue weighted by molar-refractivity contribution is 6.48. The number of hydrogen-bond donors (Lipinski definition) is 0. The summed E-state index contributed by atoms with van der Waals surface area (Å²) in [6.07, 6.45) is 1.06. The third-order valence-electron chi connectivity index (χ3n) is 2.02. The van der Waals surface area contributed by atoms with Crippen molar-refractivity contribution in [3.8, 4) is 0 Å². The maximum atomic E-state index is 11.3. The average molecular weight is 156 g/mol. The summed E-state index contributed by atoms with van der Waals surface area (Å²) in [5.74, 6) is 0.273. The molecule has 1 saturated heterocycles. The zero-order valence-corrected chi connectivity index (χ0v) is 7.44. The molecule has 10 heavy (non-hydrogen) atoms. The van der Waals surface area contributed by atoms with Gasteiger partial charge in [-0.15, -0.1) is 0 Å². The SMILES string of the molecule is CC1(C)CC(=O)CC[Si]1=O. The molecule has 1 rings (SSSR count). The molecule has 1 heterocycles. The predicted molar refractivity (Wildman–Crippen MR) is 39.5 cm³/mol. The van der Waals surface area contributed by atoms with Crippen LogP contribution in [0.15, 0.2) is 0 Å². The van der Waals surface area contributed by atoms with Crippen LogP contribution in [0.3, 0.4) is 0 Å². The van der Waals surface area contributed by atoms with Gasteiger partial charge in [0.25, 0.3) is 8.68 Å². The van der Waals surface area contributed by atoms with Gasteiger partial charge < -0.3 is 4.46 Å². The van der Waals surface area contributed by atoms with Gasteiger partial charge >= 0.3 is 0 Å². The normalized spacial score (nSPS) is 25.0. The quantitative estimate of drug-likeness (QED) is 0.499. The molecule has 0 amide bonds. The van der Waals surface area contributed by atoms with Crippen LogP contribution in [-0.4, -0.2) is 14.5 Å². The summed E-state index contributed by atoms with van der Waals surface area (Å²) in [7, 11) is -1.47. The van der Waals surface area contributed by atoms with E-state index < -0.39 is 8.68 Å². The van der Waals surface area contributed by atoms with Crippen LogP contribution in [0.4, 0.5) is 0 Å². The highest BCUT2D eigenvalue weighted by atomic mass is 28.3. The molecule has 0 radical (unpaired) electrons. The number of rotatable bonds is 0. The van der Waals surface area contributed by atoms with Gasteiger partial charge in [0.2, 0.25) is 0 Å². The highest BCUT2D eigenvalue weighted by Crippen LogP contribution is 2.35. The van der Waals surface area contributed by atoms with E-state index in [2.05, 4.69) is 0 Å². The molecular formula is C7H12O2Si. The molecule has 1 aliphatic rings. The smallest absolute Gasteiger partial charge is 0.283 e. The van der Waals surface area contributed by atoms with Crippen molar-refractivity contribution in [1.29, 1.82) is 0 Å². The molecule has 0 aromatic carbocycles. The minimum Gasteiger partial charge on any atom is -0.388 e. The van der Waals surface area contributed by atoms with Crippen LogP contribution in [0.2, 0.25) is 11.1 Å². The van der Waals surface area contributed by atoms with Gasteiger partial charge in [-0.2, -0.15) is 0 Å². The molecule has 2 nitrogen and oxygen atoms in total. The Labute approximate surface area is 62.3 Å². The zero-order chi connectivity index (χ0) is 7.78. The van der Waals surface area contributed by atoms with Gasteiger partial charge in [0.05, 0.1) is 0 Å². The lowest BCUT2D eigenvalue weighted by molar-refractivity contribution is -0.119. The van der Waals surface area contributed by atoms with Crippen molar-refractivity contribution in [2.45, 2.75) is 37.8 Å². The molecule has 0 bridgehead atoms. The highest BCUT2D eigenvalue weighted by Gasteiger charge is 2.35. The maximum absolute atomic E-state index is 11.3. The van der Waals surface area contributed by atoms with Gasteiger partial charge in [0.1, 0.15) is 5.78 Å². The van der Waals surface area contributed by atoms with Gasteiger partial charge in [0.15, 0.2) is 0 Å². The van der Waals surface area contributed by atoms with Crippen molar-refractivity contribution in [1.82, 2.24) is 0 Å². The van der Waals surface area contributed by atoms with E-state index in [1.165, 1.54) is 0 Å². The molecule has 0 aromatic heterocycles. The van der Waals surface area contributed by atoms with Crippen LogP contribution in [0, 0.1) is 0 Å². The van der Waals surface area contributed by atoms with Crippen LogP contribution >= 0.6 is 0 Å². The Morgan fingerprint density at radius 2 is 2.10 bits per heavy atom.